The first-order chi connectivity index (χ1) is 7.79. The first-order valence-corrected chi connectivity index (χ1v) is 6.24. The minimum absolute atomic E-state index is 0.00556. The monoisotopic (exact) mass is 227 g/mol. The lowest BCUT2D eigenvalue weighted by molar-refractivity contribution is -0.161. The number of rotatable bonds is 2. The van der Waals surface area contributed by atoms with Gasteiger partial charge in [0.15, 0.2) is 0 Å². The average molecular weight is 227 g/mol. The summed E-state index contributed by atoms with van der Waals surface area (Å²) in [5, 5.41) is 3.35. The molecule has 0 aliphatic carbocycles. The van der Waals surface area contributed by atoms with E-state index in [4.69, 9.17) is 9.47 Å². The molecule has 2 fully saturated rings. The maximum atomic E-state index is 12.0. The molecule has 0 aromatic rings. The van der Waals surface area contributed by atoms with Crippen LogP contribution in [0.25, 0.3) is 0 Å². The summed E-state index contributed by atoms with van der Waals surface area (Å²) in [7, 11) is 1.46. The first kappa shape index (κ1) is 11.9. The van der Waals surface area contributed by atoms with E-state index in [9.17, 15) is 4.79 Å². The van der Waals surface area contributed by atoms with Gasteiger partial charge in [-0.3, -0.25) is 5.32 Å². The highest BCUT2D eigenvalue weighted by molar-refractivity contribution is 5.81. The van der Waals surface area contributed by atoms with Crippen LogP contribution in [0.2, 0.25) is 0 Å². The van der Waals surface area contributed by atoms with Crippen LogP contribution < -0.4 is 5.32 Å². The van der Waals surface area contributed by atoms with Crippen LogP contribution >= 0.6 is 0 Å². The van der Waals surface area contributed by atoms with E-state index in [0.29, 0.717) is 0 Å². The van der Waals surface area contributed by atoms with Crippen molar-refractivity contribution in [2.45, 2.75) is 50.2 Å². The third kappa shape index (κ3) is 2.09. The normalized spacial score (nSPS) is 35.7. The fourth-order valence-corrected chi connectivity index (χ4v) is 2.82. The largest absolute Gasteiger partial charge is 0.468 e. The van der Waals surface area contributed by atoms with Gasteiger partial charge in [-0.15, -0.1) is 0 Å². The van der Waals surface area contributed by atoms with Crippen LogP contribution in [0.5, 0.6) is 0 Å². The van der Waals surface area contributed by atoms with Crippen LogP contribution in [0.1, 0.15) is 38.5 Å². The van der Waals surface area contributed by atoms with Crippen molar-refractivity contribution in [3.8, 4) is 0 Å². The molecule has 2 atom stereocenters. The van der Waals surface area contributed by atoms with Gasteiger partial charge >= 0.3 is 5.97 Å². The van der Waals surface area contributed by atoms with E-state index in [2.05, 4.69) is 5.32 Å². The van der Waals surface area contributed by atoms with Gasteiger partial charge in [-0.05, 0) is 45.1 Å². The maximum Gasteiger partial charge on any atom is 0.328 e. The predicted molar refractivity (Wildman–Crippen MR) is 60.2 cm³/mol. The average Bonchev–Trinajstić information content (AvgIpc) is 2.39. The molecule has 0 saturated carbocycles. The Bertz CT molecular complexity index is 243. The molecule has 4 nitrogen and oxygen atoms in total. The number of hydrogen-bond acceptors (Lipinski definition) is 4. The molecule has 0 bridgehead atoms. The lowest BCUT2D eigenvalue weighted by Crippen LogP contribution is -2.63. The number of methoxy groups -OCH3 is 1. The Kier molecular flexibility index (Phi) is 3.82. The van der Waals surface area contributed by atoms with E-state index in [1.54, 1.807) is 0 Å². The molecule has 2 rings (SSSR count). The van der Waals surface area contributed by atoms with E-state index in [-0.39, 0.29) is 12.1 Å². The van der Waals surface area contributed by atoms with Crippen LogP contribution in [-0.4, -0.2) is 37.9 Å². The molecule has 4 heteroatoms. The maximum absolute atomic E-state index is 12.0. The molecule has 2 saturated heterocycles. The van der Waals surface area contributed by atoms with Crippen molar-refractivity contribution in [3.63, 3.8) is 0 Å². The first-order valence-electron chi connectivity index (χ1n) is 6.24. The van der Waals surface area contributed by atoms with Crippen molar-refractivity contribution in [2.24, 2.45) is 0 Å². The molecule has 2 heterocycles. The molecule has 0 aromatic heterocycles. The fourth-order valence-electron chi connectivity index (χ4n) is 2.82. The number of carbonyl (C=O) groups excluding carboxylic acids is 1. The molecular weight excluding hydrogens is 206 g/mol. The van der Waals surface area contributed by atoms with E-state index < -0.39 is 5.54 Å². The van der Waals surface area contributed by atoms with Crippen LogP contribution in [0, 0.1) is 0 Å². The summed E-state index contributed by atoms with van der Waals surface area (Å²) in [5.41, 5.74) is -0.576. The summed E-state index contributed by atoms with van der Waals surface area (Å²) >= 11 is 0. The highest BCUT2D eigenvalue weighted by Crippen LogP contribution is 2.31. The van der Waals surface area contributed by atoms with Crippen molar-refractivity contribution in [1.82, 2.24) is 5.32 Å². The fraction of sp³-hybridized carbons (Fsp3) is 0.917. The molecule has 0 radical (unpaired) electrons. The molecule has 2 unspecified atom stereocenters. The summed E-state index contributed by atoms with van der Waals surface area (Å²) in [6.45, 7) is 1.65. The molecular formula is C12H21NO3. The summed E-state index contributed by atoms with van der Waals surface area (Å²) in [5.74, 6) is -0.154. The van der Waals surface area contributed by atoms with Crippen molar-refractivity contribution in [3.05, 3.63) is 0 Å². The molecule has 2 aliphatic heterocycles. The summed E-state index contributed by atoms with van der Waals surface area (Å²) in [6.07, 6.45) is 6.24. The van der Waals surface area contributed by atoms with Gasteiger partial charge in [0.1, 0.15) is 5.54 Å². The van der Waals surface area contributed by atoms with Gasteiger partial charge in [-0.1, -0.05) is 0 Å². The van der Waals surface area contributed by atoms with Gasteiger partial charge in [0.25, 0.3) is 0 Å². The quantitative estimate of drug-likeness (QED) is 0.721. The number of piperidine rings is 1. The molecule has 0 amide bonds. The van der Waals surface area contributed by atoms with Crippen LogP contribution in [0.3, 0.4) is 0 Å². The van der Waals surface area contributed by atoms with E-state index in [0.717, 1.165) is 51.7 Å². The van der Waals surface area contributed by atoms with Crippen molar-refractivity contribution < 1.29 is 14.3 Å². The van der Waals surface area contributed by atoms with Gasteiger partial charge in [0.05, 0.1) is 13.2 Å². The van der Waals surface area contributed by atoms with Crippen molar-refractivity contribution >= 4 is 5.97 Å². The summed E-state index contributed by atoms with van der Waals surface area (Å²) in [6, 6.07) is 0. The highest BCUT2D eigenvalue weighted by Gasteiger charge is 2.48. The lowest BCUT2D eigenvalue weighted by Gasteiger charge is -2.42. The molecule has 1 N–H and O–H groups in total. The minimum atomic E-state index is -0.576. The second kappa shape index (κ2) is 5.15. The molecule has 0 aromatic carbocycles. The Morgan fingerprint density at radius 3 is 2.81 bits per heavy atom. The number of esters is 1. The van der Waals surface area contributed by atoms with Crippen molar-refractivity contribution in [1.29, 1.82) is 0 Å². The highest BCUT2D eigenvalue weighted by atomic mass is 16.5. The van der Waals surface area contributed by atoms with Gasteiger partial charge in [-0.25, -0.2) is 4.79 Å². The van der Waals surface area contributed by atoms with Crippen LogP contribution in [0.15, 0.2) is 0 Å². The van der Waals surface area contributed by atoms with Gasteiger partial charge in [0, 0.05) is 6.61 Å². The molecule has 92 valence electrons. The van der Waals surface area contributed by atoms with Gasteiger partial charge < -0.3 is 9.47 Å². The van der Waals surface area contributed by atoms with E-state index in [1.165, 1.54) is 7.11 Å². The van der Waals surface area contributed by atoms with Crippen molar-refractivity contribution in [2.75, 3.05) is 20.3 Å². The van der Waals surface area contributed by atoms with Crippen LogP contribution in [0.4, 0.5) is 0 Å². The van der Waals surface area contributed by atoms with Crippen LogP contribution in [-0.2, 0) is 14.3 Å². The number of hydrogen-bond donors (Lipinski definition) is 1. The van der Waals surface area contributed by atoms with Gasteiger partial charge in [0.2, 0.25) is 0 Å². The summed E-state index contributed by atoms with van der Waals surface area (Å²) < 4.78 is 10.7. The number of carbonyl (C=O) groups is 1. The standard InChI is InChI=1S/C12H21NO3/c1-15-11(14)12(7-3-4-8-13-12)10-6-2-5-9-16-10/h10,13H,2-9H2,1H3. The SMILES string of the molecule is COC(=O)C1(C2CCCCO2)CCCCN1. The zero-order valence-corrected chi connectivity index (χ0v) is 9.96. The lowest BCUT2D eigenvalue weighted by atomic mass is 9.80. The molecule has 16 heavy (non-hydrogen) atoms. The third-order valence-electron chi connectivity index (χ3n) is 3.72. The zero-order chi connectivity index (χ0) is 11.4. The second-order valence-electron chi connectivity index (χ2n) is 4.70. The van der Waals surface area contributed by atoms with E-state index >= 15 is 0 Å². The Morgan fingerprint density at radius 2 is 2.25 bits per heavy atom. The predicted octanol–water partition coefficient (Wildman–Crippen LogP) is 1.24. The zero-order valence-electron chi connectivity index (χ0n) is 9.96. The molecule has 0 spiro atoms. The number of nitrogens with one attached hydrogen (secondary N) is 1. The summed E-state index contributed by atoms with van der Waals surface area (Å²) in [4.78, 5) is 12.0. The Morgan fingerprint density at radius 1 is 1.38 bits per heavy atom. The Labute approximate surface area is 96.7 Å². The Balaban J connectivity index is 2.14. The smallest absolute Gasteiger partial charge is 0.328 e. The van der Waals surface area contributed by atoms with Gasteiger partial charge in [-0.2, -0.15) is 0 Å². The third-order valence-corrected chi connectivity index (χ3v) is 3.72. The van der Waals surface area contributed by atoms with E-state index in [1.807, 2.05) is 0 Å². The second-order valence-corrected chi connectivity index (χ2v) is 4.70. The minimum Gasteiger partial charge on any atom is -0.468 e. The number of ether oxygens (including phenoxy) is 2. The Hall–Kier alpha value is -0.610. The topological polar surface area (TPSA) is 47.6 Å². The molecule has 2 aliphatic rings.